The van der Waals surface area contributed by atoms with Crippen LogP contribution in [0.1, 0.15) is 5.56 Å². The fourth-order valence-corrected chi connectivity index (χ4v) is 3.39. The van der Waals surface area contributed by atoms with Crippen molar-refractivity contribution in [3.05, 3.63) is 53.1 Å². The monoisotopic (exact) mass is 389 g/mol. The first-order chi connectivity index (χ1) is 13.1. The topological polar surface area (TPSA) is 54.0 Å². The molecule has 1 aliphatic rings. The lowest BCUT2D eigenvalue weighted by Gasteiger charge is -2.34. The van der Waals surface area contributed by atoms with Gasteiger partial charge in [-0.15, -0.1) is 0 Å². The van der Waals surface area contributed by atoms with Crippen molar-refractivity contribution < 1.29 is 14.3 Å². The number of para-hydroxylation sites is 1. The van der Waals surface area contributed by atoms with Crippen molar-refractivity contribution in [2.75, 3.05) is 45.7 Å². The number of hydrogen-bond donors (Lipinski definition) is 1. The minimum absolute atomic E-state index is 0.117. The number of urea groups is 1. The summed E-state index contributed by atoms with van der Waals surface area (Å²) < 4.78 is 10.5. The summed E-state index contributed by atoms with van der Waals surface area (Å²) >= 11 is 6.11. The van der Waals surface area contributed by atoms with Crippen LogP contribution >= 0.6 is 11.6 Å². The Morgan fingerprint density at radius 3 is 2.41 bits per heavy atom. The Morgan fingerprint density at radius 1 is 1.04 bits per heavy atom. The third-order valence-electron chi connectivity index (χ3n) is 4.65. The summed E-state index contributed by atoms with van der Waals surface area (Å²) in [6.45, 7) is 3.78. The molecule has 1 saturated heterocycles. The van der Waals surface area contributed by atoms with Gasteiger partial charge in [-0.2, -0.15) is 0 Å². The Hall–Kier alpha value is -2.44. The van der Waals surface area contributed by atoms with E-state index in [0.29, 0.717) is 29.5 Å². The molecule has 2 aromatic carbocycles. The highest BCUT2D eigenvalue weighted by Crippen LogP contribution is 2.27. The average molecular weight is 390 g/mol. The van der Waals surface area contributed by atoms with Gasteiger partial charge in [0.2, 0.25) is 0 Å². The Morgan fingerprint density at radius 2 is 1.74 bits per heavy atom. The van der Waals surface area contributed by atoms with Crippen LogP contribution in [-0.2, 0) is 6.54 Å². The number of halogens is 1. The summed E-state index contributed by atoms with van der Waals surface area (Å²) in [7, 11) is 3.25. The van der Waals surface area contributed by atoms with E-state index in [1.165, 1.54) is 0 Å². The Kier molecular flexibility index (Phi) is 6.42. The standard InChI is InChI=1S/C20H24ClN3O3/c1-26-18-6-4-3-5-15(18)14-23-9-11-24(12-10-23)20(25)22-16-7-8-19(27-2)17(21)13-16/h3-8,13H,9-12,14H2,1-2H3,(H,22,25). The first kappa shape index (κ1) is 19.3. The average Bonchev–Trinajstić information content (AvgIpc) is 2.69. The van der Waals surface area contributed by atoms with Gasteiger partial charge in [-0.1, -0.05) is 29.8 Å². The molecule has 2 amide bonds. The second-order valence-electron chi connectivity index (χ2n) is 6.35. The van der Waals surface area contributed by atoms with Crippen LogP contribution in [0.2, 0.25) is 5.02 Å². The number of rotatable bonds is 5. The van der Waals surface area contributed by atoms with Crippen molar-refractivity contribution in [3.8, 4) is 11.5 Å². The lowest BCUT2D eigenvalue weighted by atomic mass is 10.1. The molecule has 1 heterocycles. The summed E-state index contributed by atoms with van der Waals surface area (Å²) in [5.74, 6) is 1.48. The maximum absolute atomic E-state index is 12.5. The summed E-state index contributed by atoms with van der Waals surface area (Å²) in [6, 6.07) is 13.1. The summed E-state index contributed by atoms with van der Waals surface area (Å²) in [4.78, 5) is 16.6. The zero-order valence-electron chi connectivity index (χ0n) is 15.6. The molecule has 27 heavy (non-hydrogen) atoms. The van der Waals surface area contributed by atoms with Gasteiger partial charge in [-0.25, -0.2) is 4.79 Å². The van der Waals surface area contributed by atoms with Crippen LogP contribution in [-0.4, -0.2) is 56.2 Å². The molecule has 1 N–H and O–H groups in total. The third kappa shape index (κ3) is 4.84. The van der Waals surface area contributed by atoms with Gasteiger partial charge in [0.15, 0.2) is 0 Å². The molecule has 1 aliphatic heterocycles. The summed E-state index contributed by atoms with van der Waals surface area (Å²) in [6.07, 6.45) is 0. The van der Waals surface area contributed by atoms with Crippen LogP contribution in [0.4, 0.5) is 10.5 Å². The SMILES string of the molecule is COc1ccc(NC(=O)N2CCN(Cc3ccccc3OC)CC2)cc1Cl. The Balaban J connectivity index is 1.52. The van der Waals surface area contributed by atoms with E-state index >= 15 is 0 Å². The van der Waals surface area contributed by atoms with Gasteiger partial charge in [0.05, 0.1) is 19.2 Å². The number of carbonyl (C=O) groups is 1. The van der Waals surface area contributed by atoms with Crippen LogP contribution in [0.5, 0.6) is 11.5 Å². The van der Waals surface area contributed by atoms with Crippen LogP contribution in [0.15, 0.2) is 42.5 Å². The van der Waals surface area contributed by atoms with Crippen molar-refractivity contribution >= 4 is 23.3 Å². The summed E-state index contributed by atoms with van der Waals surface area (Å²) in [5.41, 5.74) is 1.81. The van der Waals surface area contributed by atoms with Gasteiger partial charge >= 0.3 is 6.03 Å². The molecule has 7 heteroatoms. The van der Waals surface area contributed by atoms with E-state index in [-0.39, 0.29) is 6.03 Å². The smallest absolute Gasteiger partial charge is 0.321 e. The summed E-state index contributed by atoms with van der Waals surface area (Å²) in [5, 5.41) is 3.36. The number of hydrogen-bond acceptors (Lipinski definition) is 4. The van der Waals surface area contributed by atoms with Crippen molar-refractivity contribution in [2.24, 2.45) is 0 Å². The molecule has 6 nitrogen and oxygen atoms in total. The zero-order chi connectivity index (χ0) is 19.2. The van der Waals surface area contributed by atoms with E-state index in [4.69, 9.17) is 21.1 Å². The predicted molar refractivity (Wildman–Crippen MR) is 107 cm³/mol. The molecule has 0 spiro atoms. The molecular weight excluding hydrogens is 366 g/mol. The molecular formula is C20H24ClN3O3. The molecule has 0 radical (unpaired) electrons. The largest absolute Gasteiger partial charge is 0.496 e. The van der Waals surface area contributed by atoms with E-state index < -0.39 is 0 Å². The maximum Gasteiger partial charge on any atom is 0.321 e. The van der Waals surface area contributed by atoms with Gasteiger partial charge in [-0.3, -0.25) is 4.90 Å². The first-order valence-corrected chi connectivity index (χ1v) is 9.22. The normalized spacial score (nSPS) is 14.7. The molecule has 0 aliphatic carbocycles. The fourth-order valence-electron chi connectivity index (χ4n) is 3.13. The molecule has 144 valence electrons. The molecule has 0 atom stereocenters. The van der Waals surface area contributed by atoms with Crippen LogP contribution in [0.25, 0.3) is 0 Å². The second-order valence-corrected chi connectivity index (χ2v) is 6.76. The number of ether oxygens (including phenoxy) is 2. The number of amides is 2. The lowest BCUT2D eigenvalue weighted by Crippen LogP contribution is -2.49. The van der Waals surface area contributed by atoms with Gasteiger partial charge in [0.1, 0.15) is 11.5 Å². The lowest BCUT2D eigenvalue weighted by molar-refractivity contribution is 0.142. The number of anilines is 1. The van der Waals surface area contributed by atoms with Gasteiger partial charge in [0, 0.05) is 44.0 Å². The molecule has 1 fully saturated rings. The Bertz CT molecular complexity index is 792. The van der Waals surface area contributed by atoms with E-state index in [1.54, 1.807) is 32.4 Å². The molecule has 3 rings (SSSR count). The third-order valence-corrected chi connectivity index (χ3v) is 4.94. The number of carbonyl (C=O) groups excluding carboxylic acids is 1. The van der Waals surface area contributed by atoms with Gasteiger partial charge in [0.25, 0.3) is 0 Å². The quantitative estimate of drug-likeness (QED) is 0.847. The molecule has 0 bridgehead atoms. The first-order valence-electron chi connectivity index (χ1n) is 8.84. The van der Waals surface area contributed by atoms with Crippen molar-refractivity contribution in [3.63, 3.8) is 0 Å². The molecule has 0 aromatic heterocycles. The number of nitrogens with zero attached hydrogens (tertiary/aromatic N) is 2. The molecule has 2 aromatic rings. The second kappa shape index (κ2) is 8.97. The van der Waals surface area contributed by atoms with Crippen LogP contribution in [0, 0.1) is 0 Å². The number of methoxy groups -OCH3 is 2. The van der Waals surface area contributed by atoms with E-state index in [2.05, 4.69) is 16.3 Å². The highest BCUT2D eigenvalue weighted by molar-refractivity contribution is 6.32. The molecule has 0 unspecified atom stereocenters. The van der Waals surface area contributed by atoms with Crippen molar-refractivity contribution in [1.29, 1.82) is 0 Å². The number of benzene rings is 2. The predicted octanol–water partition coefficient (Wildman–Crippen LogP) is 3.71. The van der Waals surface area contributed by atoms with E-state index in [9.17, 15) is 4.79 Å². The van der Waals surface area contributed by atoms with Crippen LogP contribution < -0.4 is 14.8 Å². The fraction of sp³-hybridized carbons (Fsp3) is 0.350. The van der Waals surface area contributed by atoms with Gasteiger partial charge < -0.3 is 19.7 Å². The molecule has 0 saturated carbocycles. The van der Waals surface area contributed by atoms with Crippen LogP contribution in [0.3, 0.4) is 0 Å². The minimum atomic E-state index is -0.117. The number of piperazine rings is 1. The highest BCUT2D eigenvalue weighted by Gasteiger charge is 2.22. The van der Waals surface area contributed by atoms with E-state index in [1.807, 2.05) is 23.1 Å². The van der Waals surface area contributed by atoms with E-state index in [0.717, 1.165) is 30.9 Å². The van der Waals surface area contributed by atoms with Crippen molar-refractivity contribution in [2.45, 2.75) is 6.54 Å². The zero-order valence-corrected chi connectivity index (χ0v) is 16.3. The van der Waals surface area contributed by atoms with Crippen molar-refractivity contribution in [1.82, 2.24) is 9.80 Å². The highest BCUT2D eigenvalue weighted by atomic mass is 35.5. The maximum atomic E-state index is 12.5. The Labute approximate surface area is 164 Å². The minimum Gasteiger partial charge on any atom is -0.496 e. The van der Waals surface area contributed by atoms with Gasteiger partial charge in [-0.05, 0) is 24.3 Å². The number of nitrogens with one attached hydrogen (secondary N) is 1.